The second kappa shape index (κ2) is 7.59. The molecule has 3 heterocycles. The van der Waals surface area contributed by atoms with E-state index < -0.39 is 5.41 Å². The Morgan fingerprint density at radius 3 is 2.66 bits per heavy atom. The molecule has 2 N–H and O–H groups in total. The number of halogens is 1. The van der Waals surface area contributed by atoms with Gasteiger partial charge in [0.15, 0.2) is 5.65 Å². The molecule has 4 aromatic rings. The molecular weight excluding hydrogens is 430 g/mol. The van der Waals surface area contributed by atoms with Crippen LogP contribution in [0.15, 0.2) is 41.3 Å². The number of aromatic amines is 1. The number of nitrogens with one attached hydrogen (secondary N) is 2. The predicted octanol–water partition coefficient (Wildman–Crippen LogP) is 3.25. The molecule has 1 aromatic carbocycles. The first-order valence-corrected chi connectivity index (χ1v) is 10.8. The number of aromatic nitrogens is 6. The van der Waals surface area contributed by atoms with Gasteiger partial charge < -0.3 is 5.32 Å². The van der Waals surface area contributed by atoms with Crippen LogP contribution in [0.1, 0.15) is 36.9 Å². The van der Waals surface area contributed by atoms with Crippen LogP contribution in [0.4, 0.5) is 5.82 Å². The fraction of sp³-hybridized carbons (Fsp3) is 0.318. The van der Waals surface area contributed by atoms with E-state index in [9.17, 15) is 9.59 Å². The highest BCUT2D eigenvalue weighted by atomic mass is 35.5. The van der Waals surface area contributed by atoms with Gasteiger partial charge in [0.2, 0.25) is 11.9 Å². The van der Waals surface area contributed by atoms with Gasteiger partial charge in [0.1, 0.15) is 11.2 Å². The van der Waals surface area contributed by atoms with Crippen LogP contribution in [0.3, 0.4) is 0 Å². The number of aryl methyl sites for hydroxylation is 2. The summed E-state index contributed by atoms with van der Waals surface area (Å²) in [5.41, 5.74) is 1.10. The van der Waals surface area contributed by atoms with E-state index >= 15 is 0 Å². The third kappa shape index (κ3) is 3.29. The third-order valence-corrected chi connectivity index (χ3v) is 6.40. The molecule has 0 saturated heterocycles. The number of nitrogens with zero attached hydrogens (tertiary/aromatic N) is 5. The monoisotopic (exact) mass is 451 g/mol. The standard InChI is InChI=1S/C22H22ClN7O2/c1-13-11-17(30(28-13)21-26-18-16(19(31)27-21)12-24-29(18)2)25-20(32)22(9-3-4-10-22)14-5-7-15(23)8-6-14/h5-8,11-12H,3-4,9-10H2,1-2H3,(H,25,32)(H,26,27,31). The van der Waals surface area contributed by atoms with E-state index in [1.165, 1.54) is 15.6 Å². The minimum absolute atomic E-state index is 0.109. The Morgan fingerprint density at radius 2 is 1.94 bits per heavy atom. The summed E-state index contributed by atoms with van der Waals surface area (Å²) in [6.07, 6.45) is 4.92. The van der Waals surface area contributed by atoms with Gasteiger partial charge in [0.25, 0.3) is 5.56 Å². The first-order valence-electron chi connectivity index (χ1n) is 10.4. The number of benzene rings is 1. The van der Waals surface area contributed by atoms with E-state index in [-0.39, 0.29) is 17.4 Å². The zero-order valence-corrected chi connectivity index (χ0v) is 18.5. The minimum Gasteiger partial charge on any atom is -0.310 e. The third-order valence-electron chi connectivity index (χ3n) is 6.15. The van der Waals surface area contributed by atoms with Gasteiger partial charge in [0, 0.05) is 18.1 Å². The largest absolute Gasteiger partial charge is 0.310 e. The van der Waals surface area contributed by atoms with Crippen LogP contribution < -0.4 is 10.9 Å². The molecule has 1 fully saturated rings. The van der Waals surface area contributed by atoms with E-state index in [0.717, 1.165) is 31.2 Å². The van der Waals surface area contributed by atoms with Crippen molar-refractivity contribution in [2.24, 2.45) is 7.05 Å². The Hall–Kier alpha value is -3.46. The highest BCUT2D eigenvalue weighted by Gasteiger charge is 2.43. The van der Waals surface area contributed by atoms with Crippen molar-refractivity contribution in [2.75, 3.05) is 5.32 Å². The van der Waals surface area contributed by atoms with Crippen molar-refractivity contribution in [3.63, 3.8) is 0 Å². The summed E-state index contributed by atoms with van der Waals surface area (Å²) in [5, 5.41) is 12.6. The van der Waals surface area contributed by atoms with E-state index in [4.69, 9.17) is 11.6 Å². The average Bonchev–Trinajstić information content (AvgIpc) is 3.49. The molecule has 1 amide bonds. The fourth-order valence-electron chi connectivity index (χ4n) is 4.50. The van der Waals surface area contributed by atoms with Crippen molar-refractivity contribution in [1.29, 1.82) is 0 Å². The van der Waals surface area contributed by atoms with Crippen LogP contribution >= 0.6 is 11.6 Å². The number of carbonyl (C=O) groups excluding carboxylic acids is 1. The number of rotatable bonds is 4. The molecule has 1 aliphatic carbocycles. The smallest absolute Gasteiger partial charge is 0.263 e. The van der Waals surface area contributed by atoms with Crippen LogP contribution in [-0.4, -0.2) is 35.4 Å². The summed E-state index contributed by atoms with van der Waals surface area (Å²) in [6, 6.07) is 9.24. The van der Waals surface area contributed by atoms with Gasteiger partial charge >= 0.3 is 0 Å². The molecule has 0 radical (unpaired) electrons. The molecular formula is C22H22ClN7O2. The molecule has 0 aliphatic heterocycles. The van der Waals surface area contributed by atoms with Crippen LogP contribution in [0.25, 0.3) is 17.0 Å². The van der Waals surface area contributed by atoms with E-state index in [1.54, 1.807) is 13.1 Å². The lowest BCUT2D eigenvalue weighted by atomic mass is 9.78. The summed E-state index contributed by atoms with van der Waals surface area (Å²) in [6.45, 7) is 1.82. The number of hydrogen-bond donors (Lipinski definition) is 2. The molecule has 0 atom stereocenters. The Balaban J connectivity index is 1.54. The zero-order chi connectivity index (χ0) is 22.5. The highest BCUT2D eigenvalue weighted by Crippen LogP contribution is 2.42. The lowest BCUT2D eigenvalue weighted by molar-refractivity contribution is -0.121. The number of H-pyrrole nitrogens is 1. The topological polar surface area (TPSA) is 110 Å². The predicted molar refractivity (Wildman–Crippen MR) is 121 cm³/mol. The Labute approximate surface area is 188 Å². The normalized spacial score (nSPS) is 15.3. The second-order valence-electron chi connectivity index (χ2n) is 8.23. The SMILES string of the molecule is Cc1cc(NC(=O)C2(c3ccc(Cl)cc3)CCCC2)n(-c2nc3c(cnn3C)c(=O)[nH]2)n1. The van der Waals surface area contributed by atoms with Crippen molar-refractivity contribution < 1.29 is 4.79 Å². The quantitative estimate of drug-likeness (QED) is 0.494. The highest BCUT2D eigenvalue weighted by molar-refractivity contribution is 6.30. The molecule has 3 aromatic heterocycles. The van der Waals surface area contributed by atoms with Gasteiger partial charge in [-0.25, -0.2) is 0 Å². The number of amides is 1. The molecule has 5 rings (SSSR count). The second-order valence-corrected chi connectivity index (χ2v) is 8.66. The van der Waals surface area contributed by atoms with Gasteiger partial charge in [-0.05, 0) is 37.5 Å². The molecule has 1 saturated carbocycles. The van der Waals surface area contributed by atoms with Crippen molar-refractivity contribution >= 4 is 34.4 Å². The van der Waals surface area contributed by atoms with Crippen molar-refractivity contribution in [3.8, 4) is 5.95 Å². The molecule has 0 spiro atoms. The summed E-state index contributed by atoms with van der Waals surface area (Å²) in [5.74, 6) is 0.543. The van der Waals surface area contributed by atoms with Gasteiger partial charge in [-0.2, -0.15) is 19.9 Å². The molecule has 1 aliphatic rings. The number of fused-ring (bicyclic) bond motifs is 1. The fourth-order valence-corrected chi connectivity index (χ4v) is 4.63. The maximum absolute atomic E-state index is 13.6. The Bertz CT molecular complexity index is 1380. The van der Waals surface area contributed by atoms with Crippen LogP contribution in [0, 0.1) is 6.92 Å². The maximum Gasteiger partial charge on any atom is 0.263 e. The summed E-state index contributed by atoms with van der Waals surface area (Å²) >= 11 is 6.07. The maximum atomic E-state index is 13.6. The number of carbonyl (C=O) groups is 1. The van der Waals surface area contributed by atoms with Gasteiger partial charge in [-0.1, -0.05) is 36.6 Å². The summed E-state index contributed by atoms with van der Waals surface area (Å²) in [4.78, 5) is 33.4. The molecule has 0 unspecified atom stereocenters. The van der Waals surface area contributed by atoms with Crippen molar-refractivity contribution in [3.05, 3.63) is 63.2 Å². The van der Waals surface area contributed by atoms with Crippen molar-refractivity contribution in [2.45, 2.75) is 38.0 Å². The van der Waals surface area contributed by atoms with Gasteiger partial charge in [0.05, 0.1) is 17.3 Å². The first-order chi connectivity index (χ1) is 15.4. The molecule has 10 heteroatoms. The molecule has 32 heavy (non-hydrogen) atoms. The van der Waals surface area contributed by atoms with Gasteiger partial charge in [-0.3, -0.25) is 19.3 Å². The summed E-state index contributed by atoms with van der Waals surface area (Å²) < 4.78 is 2.97. The van der Waals surface area contributed by atoms with Crippen molar-refractivity contribution in [1.82, 2.24) is 29.5 Å². The van der Waals surface area contributed by atoms with Crippen LogP contribution in [0.2, 0.25) is 5.02 Å². The van der Waals surface area contributed by atoms with Crippen LogP contribution in [-0.2, 0) is 17.3 Å². The summed E-state index contributed by atoms with van der Waals surface area (Å²) in [7, 11) is 1.71. The lowest BCUT2D eigenvalue weighted by Gasteiger charge is -2.28. The lowest BCUT2D eigenvalue weighted by Crippen LogP contribution is -2.38. The number of anilines is 1. The van der Waals surface area contributed by atoms with E-state index in [0.29, 0.717) is 27.6 Å². The van der Waals surface area contributed by atoms with E-state index in [1.807, 2.05) is 31.2 Å². The van der Waals surface area contributed by atoms with Crippen LogP contribution in [0.5, 0.6) is 0 Å². The number of hydrogen-bond acceptors (Lipinski definition) is 5. The molecule has 9 nitrogen and oxygen atoms in total. The minimum atomic E-state index is -0.638. The molecule has 0 bridgehead atoms. The molecule has 164 valence electrons. The first kappa shape index (κ1) is 20.4. The van der Waals surface area contributed by atoms with E-state index in [2.05, 4.69) is 25.5 Å². The average molecular weight is 452 g/mol. The zero-order valence-electron chi connectivity index (χ0n) is 17.7. The Kier molecular flexibility index (Phi) is 4.85. The Morgan fingerprint density at radius 1 is 1.22 bits per heavy atom. The van der Waals surface area contributed by atoms with Gasteiger partial charge in [-0.15, -0.1) is 0 Å².